The minimum atomic E-state index is -4.39. The lowest BCUT2D eigenvalue weighted by molar-refractivity contribution is -0.137. The van der Waals surface area contributed by atoms with Gasteiger partial charge in [-0.25, -0.2) is 13.1 Å². The Morgan fingerprint density at radius 1 is 0.963 bits per heavy atom. The predicted molar refractivity (Wildman–Crippen MR) is 92.4 cm³/mol. The minimum absolute atomic E-state index is 0.0409. The third kappa shape index (κ3) is 4.92. The van der Waals surface area contributed by atoms with Gasteiger partial charge < -0.3 is 9.47 Å². The number of hydrogen-bond donors (Lipinski definition) is 1. The van der Waals surface area contributed by atoms with Gasteiger partial charge in [0, 0.05) is 19.0 Å². The summed E-state index contributed by atoms with van der Waals surface area (Å²) in [5, 5.41) is 0. The highest BCUT2D eigenvalue weighted by Crippen LogP contribution is 2.32. The third-order valence-electron chi connectivity index (χ3n) is 4.02. The van der Waals surface area contributed by atoms with Gasteiger partial charge in [-0.3, -0.25) is 0 Å². The van der Waals surface area contributed by atoms with Crippen molar-refractivity contribution in [1.29, 1.82) is 0 Å². The first kappa shape index (κ1) is 19.5. The summed E-state index contributed by atoms with van der Waals surface area (Å²) in [5.74, 6) is 0.870. The van der Waals surface area contributed by atoms with Crippen LogP contribution in [0, 0.1) is 0 Å². The maximum absolute atomic E-state index is 12.6. The molecular weight excluding hydrogens is 383 g/mol. The van der Waals surface area contributed by atoms with Crippen molar-refractivity contribution >= 4 is 10.0 Å². The number of alkyl halides is 3. The SMILES string of the molecule is O=S(=O)(NCCc1ccc(C(F)(F)F)cc1)c1ccc2c(c1)OCCCO2. The number of nitrogens with one attached hydrogen (secondary N) is 1. The van der Waals surface area contributed by atoms with Crippen LogP contribution in [0.2, 0.25) is 0 Å². The molecule has 0 spiro atoms. The van der Waals surface area contributed by atoms with Gasteiger partial charge in [-0.05, 0) is 36.2 Å². The molecule has 0 atom stereocenters. The van der Waals surface area contributed by atoms with Gasteiger partial charge in [0.25, 0.3) is 0 Å². The van der Waals surface area contributed by atoms with Crippen molar-refractivity contribution in [2.45, 2.75) is 23.9 Å². The van der Waals surface area contributed by atoms with E-state index in [2.05, 4.69) is 4.72 Å². The summed E-state index contributed by atoms with van der Waals surface area (Å²) in [4.78, 5) is 0.0409. The number of hydrogen-bond acceptors (Lipinski definition) is 4. The van der Waals surface area contributed by atoms with Crippen molar-refractivity contribution in [3.8, 4) is 11.5 Å². The number of sulfonamides is 1. The van der Waals surface area contributed by atoms with Gasteiger partial charge in [-0.2, -0.15) is 13.2 Å². The Bertz CT molecular complexity index is 896. The first-order valence-corrected chi connectivity index (χ1v) is 9.79. The van der Waals surface area contributed by atoms with E-state index in [9.17, 15) is 21.6 Å². The van der Waals surface area contributed by atoms with Crippen molar-refractivity contribution in [3.63, 3.8) is 0 Å². The maximum atomic E-state index is 12.6. The summed E-state index contributed by atoms with van der Waals surface area (Å²) in [7, 11) is -3.77. The molecule has 0 aliphatic carbocycles. The molecule has 5 nitrogen and oxygen atoms in total. The fourth-order valence-corrected chi connectivity index (χ4v) is 3.63. The Morgan fingerprint density at radius 3 is 2.30 bits per heavy atom. The van der Waals surface area contributed by atoms with Crippen LogP contribution in [0.5, 0.6) is 11.5 Å². The molecule has 0 saturated carbocycles. The molecular formula is C18H18F3NO4S. The third-order valence-corrected chi connectivity index (χ3v) is 5.48. The smallest absolute Gasteiger partial charge is 0.416 e. The molecule has 2 aromatic rings. The first-order chi connectivity index (χ1) is 12.8. The van der Waals surface area contributed by atoms with E-state index in [1.807, 2.05) is 0 Å². The number of fused-ring (bicyclic) bond motifs is 1. The molecule has 1 aliphatic heterocycles. The fourth-order valence-electron chi connectivity index (χ4n) is 2.58. The van der Waals surface area contributed by atoms with Crippen LogP contribution in [-0.4, -0.2) is 28.2 Å². The summed E-state index contributed by atoms with van der Waals surface area (Å²) in [5.41, 5.74) is -0.136. The monoisotopic (exact) mass is 401 g/mol. The summed E-state index contributed by atoms with van der Waals surface area (Å²) in [6.45, 7) is 1.00. The Hall–Kier alpha value is -2.26. The molecule has 0 amide bonds. The van der Waals surface area contributed by atoms with E-state index >= 15 is 0 Å². The largest absolute Gasteiger partial charge is 0.490 e. The standard InChI is InChI=1S/C18H18F3NO4S/c19-18(20,21)14-4-2-13(3-5-14)8-9-22-27(23,24)15-6-7-16-17(12-15)26-11-1-10-25-16/h2-7,12,22H,1,8-11H2. The average molecular weight is 401 g/mol. The normalized spacial score (nSPS) is 14.6. The quantitative estimate of drug-likeness (QED) is 0.834. The van der Waals surface area contributed by atoms with Crippen molar-refractivity contribution in [3.05, 3.63) is 53.6 Å². The van der Waals surface area contributed by atoms with E-state index < -0.39 is 21.8 Å². The van der Waals surface area contributed by atoms with Crippen LogP contribution < -0.4 is 14.2 Å². The number of rotatable bonds is 5. The summed E-state index contributed by atoms with van der Waals surface area (Å²) >= 11 is 0. The lowest BCUT2D eigenvalue weighted by Crippen LogP contribution is -2.26. The van der Waals surface area contributed by atoms with E-state index in [1.165, 1.54) is 24.3 Å². The van der Waals surface area contributed by atoms with Crippen LogP contribution in [0.3, 0.4) is 0 Å². The topological polar surface area (TPSA) is 64.6 Å². The summed E-state index contributed by atoms with van der Waals surface area (Å²) < 4.78 is 75.9. The number of benzene rings is 2. The van der Waals surface area contributed by atoms with Gasteiger partial charge in [-0.1, -0.05) is 12.1 Å². The van der Waals surface area contributed by atoms with E-state index in [1.54, 1.807) is 6.07 Å². The maximum Gasteiger partial charge on any atom is 0.416 e. The Morgan fingerprint density at radius 2 is 1.63 bits per heavy atom. The zero-order valence-corrected chi connectivity index (χ0v) is 15.1. The molecule has 1 aliphatic rings. The van der Waals surface area contributed by atoms with Gasteiger partial charge in [0.1, 0.15) is 0 Å². The van der Waals surface area contributed by atoms with Gasteiger partial charge in [0.05, 0.1) is 23.7 Å². The van der Waals surface area contributed by atoms with Gasteiger partial charge in [-0.15, -0.1) is 0 Å². The number of ether oxygens (including phenoxy) is 2. The zero-order chi connectivity index (χ0) is 19.5. The molecule has 0 radical (unpaired) electrons. The average Bonchev–Trinajstić information content (AvgIpc) is 2.86. The molecule has 2 aromatic carbocycles. The van der Waals surface area contributed by atoms with Crippen molar-refractivity contribution < 1.29 is 31.1 Å². The molecule has 0 fully saturated rings. The second kappa shape index (κ2) is 7.77. The first-order valence-electron chi connectivity index (χ1n) is 8.31. The minimum Gasteiger partial charge on any atom is -0.490 e. The van der Waals surface area contributed by atoms with Gasteiger partial charge in [0.15, 0.2) is 11.5 Å². The molecule has 0 unspecified atom stereocenters. The van der Waals surface area contributed by atoms with E-state index in [0.717, 1.165) is 12.1 Å². The van der Waals surface area contributed by atoms with E-state index in [4.69, 9.17) is 9.47 Å². The molecule has 146 valence electrons. The predicted octanol–water partition coefficient (Wildman–Crippen LogP) is 3.39. The molecule has 27 heavy (non-hydrogen) atoms. The highest BCUT2D eigenvalue weighted by Gasteiger charge is 2.29. The molecule has 0 aromatic heterocycles. The van der Waals surface area contributed by atoms with Crippen LogP contribution in [0.25, 0.3) is 0 Å². The van der Waals surface area contributed by atoms with Crippen LogP contribution >= 0.6 is 0 Å². The Balaban J connectivity index is 1.63. The molecule has 1 heterocycles. The highest BCUT2D eigenvalue weighted by molar-refractivity contribution is 7.89. The number of halogens is 3. The van der Waals surface area contributed by atoms with Gasteiger partial charge >= 0.3 is 6.18 Å². The van der Waals surface area contributed by atoms with Crippen LogP contribution in [0.1, 0.15) is 17.5 Å². The second-order valence-corrected chi connectivity index (χ2v) is 7.77. The van der Waals surface area contributed by atoms with E-state index in [-0.39, 0.29) is 17.9 Å². The fraction of sp³-hybridized carbons (Fsp3) is 0.333. The van der Waals surface area contributed by atoms with Crippen molar-refractivity contribution in [1.82, 2.24) is 4.72 Å². The molecule has 0 bridgehead atoms. The van der Waals surface area contributed by atoms with Crippen LogP contribution in [0.4, 0.5) is 13.2 Å². The summed E-state index contributed by atoms with van der Waals surface area (Å²) in [6, 6.07) is 9.01. The molecule has 1 N–H and O–H groups in total. The highest BCUT2D eigenvalue weighted by atomic mass is 32.2. The zero-order valence-electron chi connectivity index (χ0n) is 14.3. The Kier molecular flexibility index (Phi) is 5.61. The lowest BCUT2D eigenvalue weighted by Gasteiger charge is -2.11. The van der Waals surface area contributed by atoms with Crippen molar-refractivity contribution in [2.24, 2.45) is 0 Å². The van der Waals surface area contributed by atoms with E-state index in [0.29, 0.717) is 36.7 Å². The van der Waals surface area contributed by atoms with Crippen LogP contribution in [-0.2, 0) is 22.6 Å². The summed E-state index contributed by atoms with van der Waals surface area (Å²) in [6.07, 6.45) is -3.42. The molecule has 9 heteroatoms. The van der Waals surface area contributed by atoms with Crippen molar-refractivity contribution in [2.75, 3.05) is 19.8 Å². The Labute approximate surface area is 155 Å². The second-order valence-electron chi connectivity index (χ2n) is 6.00. The lowest BCUT2D eigenvalue weighted by atomic mass is 10.1. The molecule has 0 saturated heterocycles. The van der Waals surface area contributed by atoms with Crippen LogP contribution in [0.15, 0.2) is 47.4 Å². The van der Waals surface area contributed by atoms with Gasteiger partial charge in [0.2, 0.25) is 10.0 Å². The molecule has 3 rings (SSSR count).